The number of hydrogen-bond donors (Lipinski definition) is 1. The number of hydrogen-bond acceptors (Lipinski definition) is 4. The molecule has 0 aliphatic carbocycles. The van der Waals surface area contributed by atoms with Gasteiger partial charge in [-0.1, -0.05) is 13.8 Å². The van der Waals surface area contributed by atoms with Gasteiger partial charge in [-0.15, -0.1) is 0 Å². The van der Waals surface area contributed by atoms with Gasteiger partial charge in [0.05, 0.1) is 18.2 Å². The van der Waals surface area contributed by atoms with Crippen molar-refractivity contribution in [2.75, 3.05) is 26.8 Å². The molecule has 1 saturated heterocycles. The zero-order chi connectivity index (χ0) is 17.7. The molecule has 2 N–H and O–H groups in total. The predicted octanol–water partition coefficient (Wildman–Crippen LogP) is 3.45. The standard InChI is InChI=1S/C18H27BrN2O3/c1-4-7-24-17-15(19)9-13(10-16(17)23-3)18(22)21-6-5-12(2)8-14(21)11-20/h9-10,12,14H,4-8,11,20H2,1-3H3. The summed E-state index contributed by atoms with van der Waals surface area (Å²) in [6, 6.07) is 3.66. The van der Waals surface area contributed by atoms with Crippen LogP contribution in [0.15, 0.2) is 16.6 Å². The summed E-state index contributed by atoms with van der Waals surface area (Å²) >= 11 is 3.50. The summed E-state index contributed by atoms with van der Waals surface area (Å²) in [5.74, 6) is 1.81. The summed E-state index contributed by atoms with van der Waals surface area (Å²) in [5, 5.41) is 0. The average Bonchev–Trinajstić information content (AvgIpc) is 2.59. The van der Waals surface area contributed by atoms with Gasteiger partial charge in [-0.25, -0.2) is 0 Å². The van der Waals surface area contributed by atoms with Crippen molar-refractivity contribution in [1.29, 1.82) is 0 Å². The van der Waals surface area contributed by atoms with Crippen molar-refractivity contribution in [2.45, 2.75) is 39.2 Å². The maximum Gasteiger partial charge on any atom is 0.254 e. The number of benzene rings is 1. The van der Waals surface area contributed by atoms with Crippen molar-refractivity contribution >= 4 is 21.8 Å². The molecule has 1 heterocycles. The number of rotatable bonds is 6. The van der Waals surface area contributed by atoms with E-state index in [0.29, 0.717) is 36.1 Å². The number of nitrogens with zero attached hydrogens (tertiary/aromatic N) is 1. The number of carbonyl (C=O) groups excluding carboxylic acids is 1. The Labute approximate surface area is 152 Å². The summed E-state index contributed by atoms with van der Waals surface area (Å²) in [4.78, 5) is 14.9. The molecular formula is C18H27BrN2O3. The van der Waals surface area contributed by atoms with Gasteiger partial charge in [-0.2, -0.15) is 0 Å². The minimum absolute atomic E-state index is 0.00149. The Bertz CT molecular complexity index is 580. The molecule has 2 rings (SSSR count). The summed E-state index contributed by atoms with van der Waals surface area (Å²) < 4.78 is 11.9. The fourth-order valence-electron chi connectivity index (χ4n) is 3.10. The second-order valence-electron chi connectivity index (χ2n) is 6.36. The molecule has 0 spiro atoms. The largest absolute Gasteiger partial charge is 0.493 e. The molecule has 1 aromatic rings. The number of halogens is 1. The van der Waals surface area contributed by atoms with E-state index >= 15 is 0 Å². The molecule has 6 heteroatoms. The van der Waals surface area contributed by atoms with Crippen molar-refractivity contribution in [3.63, 3.8) is 0 Å². The summed E-state index contributed by atoms with van der Waals surface area (Å²) in [5.41, 5.74) is 6.48. The number of likely N-dealkylation sites (tertiary alicyclic amines) is 1. The molecule has 2 unspecified atom stereocenters. The lowest BCUT2D eigenvalue weighted by atomic mass is 9.92. The van der Waals surface area contributed by atoms with Crippen LogP contribution in [0, 0.1) is 5.92 Å². The van der Waals surface area contributed by atoms with Crippen LogP contribution in [0.5, 0.6) is 11.5 Å². The van der Waals surface area contributed by atoms with Crippen LogP contribution in [0.1, 0.15) is 43.5 Å². The SMILES string of the molecule is CCCOc1c(Br)cc(C(=O)N2CCC(C)CC2CN)cc1OC. The smallest absolute Gasteiger partial charge is 0.254 e. The van der Waals surface area contributed by atoms with E-state index in [2.05, 4.69) is 22.9 Å². The fraction of sp³-hybridized carbons (Fsp3) is 0.611. The van der Waals surface area contributed by atoms with Gasteiger partial charge in [0.1, 0.15) is 0 Å². The number of ether oxygens (including phenoxy) is 2. The van der Waals surface area contributed by atoms with Crippen molar-refractivity contribution in [2.24, 2.45) is 11.7 Å². The third kappa shape index (κ3) is 4.22. The zero-order valence-corrected chi connectivity index (χ0v) is 16.3. The van der Waals surface area contributed by atoms with Gasteiger partial charge < -0.3 is 20.1 Å². The van der Waals surface area contributed by atoms with Crippen molar-refractivity contribution < 1.29 is 14.3 Å². The Balaban J connectivity index is 2.27. The Morgan fingerprint density at radius 3 is 2.83 bits per heavy atom. The summed E-state index contributed by atoms with van der Waals surface area (Å²) in [6.45, 7) is 6.09. The lowest BCUT2D eigenvalue weighted by molar-refractivity contribution is 0.0573. The minimum Gasteiger partial charge on any atom is -0.493 e. The third-order valence-corrected chi connectivity index (χ3v) is 5.03. The Morgan fingerprint density at radius 2 is 2.21 bits per heavy atom. The normalized spacial score (nSPS) is 20.8. The topological polar surface area (TPSA) is 64.8 Å². The maximum atomic E-state index is 13.0. The molecule has 0 radical (unpaired) electrons. The number of amides is 1. The van der Waals surface area contributed by atoms with E-state index in [4.69, 9.17) is 15.2 Å². The van der Waals surface area contributed by atoms with Crippen LogP contribution in [-0.2, 0) is 0 Å². The first-order valence-corrected chi connectivity index (χ1v) is 9.32. The summed E-state index contributed by atoms with van der Waals surface area (Å²) in [6.07, 6.45) is 2.87. The molecular weight excluding hydrogens is 372 g/mol. The van der Waals surface area contributed by atoms with E-state index in [9.17, 15) is 4.79 Å². The van der Waals surface area contributed by atoms with Crippen LogP contribution < -0.4 is 15.2 Å². The van der Waals surface area contributed by atoms with Gasteiger partial charge in [-0.3, -0.25) is 4.79 Å². The minimum atomic E-state index is -0.00149. The van der Waals surface area contributed by atoms with E-state index in [1.54, 1.807) is 13.2 Å². The molecule has 134 valence electrons. The zero-order valence-electron chi connectivity index (χ0n) is 14.7. The monoisotopic (exact) mass is 398 g/mol. The molecule has 1 amide bonds. The third-order valence-electron chi connectivity index (χ3n) is 4.44. The molecule has 5 nitrogen and oxygen atoms in total. The van der Waals surface area contributed by atoms with Gasteiger partial charge in [-0.05, 0) is 53.2 Å². The molecule has 1 aliphatic heterocycles. The molecule has 1 aliphatic rings. The first kappa shape index (κ1) is 19.1. The quantitative estimate of drug-likeness (QED) is 0.796. The Kier molecular flexibility index (Phi) is 6.92. The molecule has 0 bridgehead atoms. The first-order chi connectivity index (χ1) is 11.5. The van der Waals surface area contributed by atoms with Crippen molar-refractivity contribution in [3.05, 3.63) is 22.2 Å². The molecule has 24 heavy (non-hydrogen) atoms. The number of nitrogens with two attached hydrogens (primary N) is 1. The average molecular weight is 399 g/mol. The second-order valence-corrected chi connectivity index (χ2v) is 7.21. The van der Waals surface area contributed by atoms with Crippen LogP contribution in [0.2, 0.25) is 0 Å². The maximum absolute atomic E-state index is 13.0. The van der Waals surface area contributed by atoms with Gasteiger partial charge >= 0.3 is 0 Å². The van der Waals surface area contributed by atoms with Crippen LogP contribution in [-0.4, -0.2) is 43.7 Å². The summed E-state index contributed by atoms with van der Waals surface area (Å²) in [7, 11) is 1.58. The van der Waals surface area contributed by atoms with Crippen LogP contribution in [0.3, 0.4) is 0 Å². The van der Waals surface area contributed by atoms with Crippen LogP contribution in [0.4, 0.5) is 0 Å². The number of methoxy groups -OCH3 is 1. The molecule has 1 aromatic carbocycles. The van der Waals surface area contributed by atoms with Crippen molar-refractivity contribution in [1.82, 2.24) is 4.90 Å². The van der Waals surface area contributed by atoms with Crippen molar-refractivity contribution in [3.8, 4) is 11.5 Å². The Morgan fingerprint density at radius 1 is 1.46 bits per heavy atom. The second kappa shape index (κ2) is 8.72. The van der Waals surface area contributed by atoms with Gasteiger partial charge in [0.25, 0.3) is 5.91 Å². The predicted molar refractivity (Wildman–Crippen MR) is 98.8 cm³/mol. The lowest BCUT2D eigenvalue weighted by Crippen LogP contribution is -2.49. The number of piperidine rings is 1. The van der Waals surface area contributed by atoms with E-state index in [0.717, 1.165) is 30.3 Å². The van der Waals surface area contributed by atoms with Gasteiger partial charge in [0.15, 0.2) is 11.5 Å². The van der Waals surface area contributed by atoms with E-state index in [-0.39, 0.29) is 11.9 Å². The van der Waals surface area contributed by atoms with E-state index in [1.807, 2.05) is 17.9 Å². The van der Waals surface area contributed by atoms with Gasteiger partial charge in [0.2, 0.25) is 0 Å². The molecule has 0 aromatic heterocycles. The molecule has 0 saturated carbocycles. The van der Waals surface area contributed by atoms with Gasteiger partial charge in [0, 0.05) is 24.7 Å². The highest BCUT2D eigenvalue weighted by atomic mass is 79.9. The fourth-order valence-corrected chi connectivity index (χ4v) is 3.65. The first-order valence-electron chi connectivity index (χ1n) is 8.53. The molecule has 1 fully saturated rings. The van der Waals surface area contributed by atoms with E-state index in [1.165, 1.54) is 0 Å². The highest BCUT2D eigenvalue weighted by Crippen LogP contribution is 2.37. The highest BCUT2D eigenvalue weighted by Gasteiger charge is 2.30. The van der Waals surface area contributed by atoms with Crippen LogP contribution in [0.25, 0.3) is 0 Å². The Hall–Kier alpha value is -1.27. The molecule has 2 atom stereocenters. The highest BCUT2D eigenvalue weighted by molar-refractivity contribution is 9.10. The van der Waals surface area contributed by atoms with E-state index < -0.39 is 0 Å². The number of carbonyl (C=O) groups is 1. The lowest BCUT2D eigenvalue weighted by Gasteiger charge is -2.38. The van der Waals surface area contributed by atoms with Crippen LogP contribution >= 0.6 is 15.9 Å².